The van der Waals surface area contributed by atoms with Crippen molar-refractivity contribution in [1.29, 1.82) is 0 Å². The molecule has 0 saturated carbocycles. The molecule has 6 nitrogen and oxygen atoms in total. The number of carbonyl (C=O) groups is 3. The number of fused-ring (bicyclic) bond motifs is 1. The van der Waals surface area contributed by atoms with Crippen LogP contribution in [0.1, 0.15) is 31.1 Å². The molecular weight excluding hydrogens is 214 g/mol. The molecule has 1 aliphatic heterocycles. The lowest BCUT2D eigenvalue weighted by atomic mass is 10.0. The van der Waals surface area contributed by atoms with Crippen LogP contribution in [-0.4, -0.2) is 35.2 Å². The van der Waals surface area contributed by atoms with Gasteiger partial charge in [0.15, 0.2) is 0 Å². The molecule has 1 heterocycles. The first-order valence-electron chi connectivity index (χ1n) is 4.37. The Balaban J connectivity index is 2.67. The van der Waals surface area contributed by atoms with E-state index in [4.69, 9.17) is 5.21 Å². The van der Waals surface area contributed by atoms with Gasteiger partial charge in [-0.05, 0) is 12.1 Å². The molecular formula is C10H7NO5. The lowest BCUT2D eigenvalue weighted by Gasteiger charge is -2.03. The Kier molecular flexibility index (Phi) is 2.21. The van der Waals surface area contributed by atoms with E-state index >= 15 is 0 Å². The molecule has 1 aliphatic rings. The van der Waals surface area contributed by atoms with E-state index in [2.05, 4.69) is 4.74 Å². The van der Waals surface area contributed by atoms with E-state index in [0.29, 0.717) is 0 Å². The van der Waals surface area contributed by atoms with Gasteiger partial charge in [0, 0.05) is 0 Å². The SMILES string of the molecule is COC(=O)c1cccc2c1C(=O)N(O)C2=O. The minimum atomic E-state index is -0.916. The first-order chi connectivity index (χ1) is 7.57. The Morgan fingerprint density at radius 3 is 2.62 bits per heavy atom. The number of amides is 2. The molecule has 2 amide bonds. The molecule has 82 valence electrons. The number of esters is 1. The largest absolute Gasteiger partial charge is 0.465 e. The second-order valence-corrected chi connectivity index (χ2v) is 3.14. The Morgan fingerprint density at radius 2 is 2.00 bits per heavy atom. The fraction of sp³-hybridized carbons (Fsp3) is 0.100. The van der Waals surface area contributed by atoms with Crippen LogP contribution in [0.4, 0.5) is 0 Å². The van der Waals surface area contributed by atoms with Gasteiger partial charge in [0.25, 0.3) is 11.8 Å². The molecule has 6 heteroatoms. The summed E-state index contributed by atoms with van der Waals surface area (Å²) in [6.45, 7) is 0. The highest BCUT2D eigenvalue weighted by Gasteiger charge is 2.38. The Morgan fingerprint density at radius 1 is 1.31 bits per heavy atom. The summed E-state index contributed by atoms with van der Waals surface area (Å²) in [6, 6.07) is 4.16. The third-order valence-corrected chi connectivity index (χ3v) is 2.30. The van der Waals surface area contributed by atoms with E-state index in [0.717, 1.165) is 0 Å². The van der Waals surface area contributed by atoms with Crippen molar-refractivity contribution in [3.8, 4) is 0 Å². The topological polar surface area (TPSA) is 83.9 Å². The predicted octanol–water partition coefficient (Wildman–Crippen LogP) is 0.458. The summed E-state index contributed by atoms with van der Waals surface area (Å²) in [7, 11) is 1.17. The average Bonchev–Trinajstić information content (AvgIpc) is 2.54. The Bertz CT molecular complexity index is 508. The van der Waals surface area contributed by atoms with Gasteiger partial charge in [0.05, 0.1) is 23.8 Å². The first-order valence-corrected chi connectivity index (χ1v) is 4.37. The van der Waals surface area contributed by atoms with Crippen LogP contribution in [0, 0.1) is 0 Å². The van der Waals surface area contributed by atoms with Crippen LogP contribution in [0.5, 0.6) is 0 Å². The van der Waals surface area contributed by atoms with Crippen molar-refractivity contribution in [3.63, 3.8) is 0 Å². The summed E-state index contributed by atoms with van der Waals surface area (Å²) in [5.41, 5.74) is -0.160. The molecule has 0 aliphatic carbocycles. The Labute approximate surface area is 90.0 Å². The number of carbonyl (C=O) groups excluding carboxylic acids is 3. The van der Waals surface area contributed by atoms with Gasteiger partial charge in [-0.15, -0.1) is 5.06 Å². The fourth-order valence-electron chi connectivity index (χ4n) is 1.55. The summed E-state index contributed by atoms with van der Waals surface area (Å²) in [6.07, 6.45) is 0. The number of ether oxygens (including phenoxy) is 1. The standard InChI is InChI=1S/C10H7NO5/c1-16-10(14)6-4-2-3-5-7(6)9(13)11(15)8(5)12/h2-4,15H,1H3. The van der Waals surface area contributed by atoms with Gasteiger partial charge in [-0.1, -0.05) is 6.07 Å². The van der Waals surface area contributed by atoms with Gasteiger partial charge >= 0.3 is 5.97 Å². The van der Waals surface area contributed by atoms with E-state index < -0.39 is 17.8 Å². The summed E-state index contributed by atoms with van der Waals surface area (Å²) in [4.78, 5) is 34.2. The number of nitrogens with zero attached hydrogens (tertiary/aromatic N) is 1. The molecule has 2 rings (SSSR count). The third kappa shape index (κ3) is 1.20. The van der Waals surface area contributed by atoms with E-state index in [1.807, 2.05) is 0 Å². The molecule has 0 fully saturated rings. The van der Waals surface area contributed by atoms with Crippen molar-refractivity contribution in [2.75, 3.05) is 7.11 Å². The first kappa shape index (κ1) is 10.3. The van der Waals surface area contributed by atoms with Gasteiger partial charge in [-0.3, -0.25) is 14.8 Å². The number of hydrogen-bond donors (Lipinski definition) is 1. The van der Waals surface area contributed by atoms with Crippen LogP contribution in [0.2, 0.25) is 0 Å². The number of imide groups is 1. The maximum atomic E-state index is 11.5. The maximum absolute atomic E-state index is 11.5. The van der Waals surface area contributed by atoms with Crippen LogP contribution >= 0.6 is 0 Å². The van der Waals surface area contributed by atoms with Crippen LogP contribution in [0.15, 0.2) is 18.2 Å². The van der Waals surface area contributed by atoms with E-state index in [1.54, 1.807) is 0 Å². The molecule has 0 unspecified atom stereocenters. The molecule has 1 aromatic carbocycles. The molecule has 0 radical (unpaired) electrons. The summed E-state index contributed by atoms with van der Waals surface area (Å²) < 4.78 is 4.48. The highest BCUT2D eigenvalue weighted by Crippen LogP contribution is 2.25. The number of benzene rings is 1. The fourth-order valence-corrected chi connectivity index (χ4v) is 1.55. The van der Waals surface area contributed by atoms with Crippen LogP contribution in [0.25, 0.3) is 0 Å². The molecule has 0 spiro atoms. The molecule has 1 aromatic rings. The molecule has 0 bridgehead atoms. The van der Waals surface area contributed by atoms with Crippen LogP contribution in [0.3, 0.4) is 0 Å². The van der Waals surface area contributed by atoms with Crippen molar-refractivity contribution in [3.05, 3.63) is 34.9 Å². The lowest BCUT2D eigenvalue weighted by molar-refractivity contribution is -0.0328. The number of hydrogen-bond acceptors (Lipinski definition) is 5. The van der Waals surface area contributed by atoms with Crippen LogP contribution in [-0.2, 0) is 4.74 Å². The zero-order valence-electron chi connectivity index (χ0n) is 8.26. The van der Waals surface area contributed by atoms with Crippen molar-refractivity contribution >= 4 is 17.8 Å². The van der Waals surface area contributed by atoms with Gasteiger partial charge in [-0.2, -0.15) is 0 Å². The number of hydroxylamine groups is 2. The second kappa shape index (κ2) is 3.42. The Hall–Kier alpha value is -2.21. The quantitative estimate of drug-likeness (QED) is 0.423. The minimum absolute atomic E-state index is 0.00426. The van der Waals surface area contributed by atoms with Crippen molar-refractivity contribution in [2.24, 2.45) is 0 Å². The molecule has 0 aromatic heterocycles. The monoisotopic (exact) mass is 221 g/mol. The molecule has 16 heavy (non-hydrogen) atoms. The van der Waals surface area contributed by atoms with Gasteiger partial charge < -0.3 is 4.74 Å². The van der Waals surface area contributed by atoms with Crippen molar-refractivity contribution < 1.29 is 24.3 Å². The maximum Gasteiger partial charge on any atom is 0.338 e. The summed E-state index contributed by atoms with van der Waals surface area (Å²) in [5, 5.41) is 9.13. The second-order valence-electron chi connectivity index (χ2n) is 3.14. The zero-order chi connectivity index (χ0) is 11.9. The van der Waals surface area contributed by atoms with Crippen molar-refractivity contribution in [1.82, 2.24) is 5.06 Å². The number of rotatable bonds is 1. The van der Waals surface area contributed by atoms with E-state index in [-0.39, 0.29) is 21.8 Å². The van der Waals surface area contributed by atoms with Crippen LogP contribution < -0.4 is 0 Å². The molecule has 0 saturated heterocycles. The third-order valence-electron chi connectivity index (χ3n) is 2.30. The predicted molar refractivity (Wildman–Crippen MR) is 50.1 cm³/mol. The minimum Gasteiger partial charge on any atom is -0.465 e. The molecule has 1 N–H and O–H groups in total. The van der Waals surface area contributed by atoms with E-state index in [1.165, 1.54) is 25.3 Å². The summed E-state index contributed by atoms with van der Waals surface area (Å²) >= 11 is 0. The van der Waals surface area contributed by atoms with Gasteiger partial charge in [0.2, 0.25) is 0 Å². The highest BCUT2D eigenvalue weighted by molar-refractivity contribution is 6.23. The van der Waals surface area contributed by atoms with Gasteiger partial charge in [-0.25, -0.2) is 4.79 Å². The number of methoxy groups -OCH3 is 1. The van der Waals surface area contributed by atoms with Gasteiger partial charge in [0.1, 0.15) is 0 Å². The normalized spacial score (nSPS) is 14.0. The zero-order valence-corrected chi connectivity index (χ0v) is 8.26. The average molecular weight is 221 g/mol. The molecule has 0 atom stereocenters. The summed E-state index contributed by atoms with van der Waals surface area (Å²) in [5.74, 6) is -2.49. The lowest BCUT2D eigenvalue weighted by Crippen LogP contribution is -2.25. The smallest absolute Gasteiger partial charge is 0.338 e. The van der Waals surface area contributed by atoms with Crippen molar-refractivity contribution in [2.45, 2.75) is 0 Å². The van der Waals surface area contributed by atoms with E-state index in [9.17, 15) is 14.4 Å². The highest BCUT2D eigenvalue weighted by atomic mass is 16.5.